The first-order chi connectivity index (χ1) is 10.1. The van der Waals surface area contributed by atoms with Crippen LogP contribution in [0.5, 0.6) is 5.75 Å². The lowest BCUT2D eigenvalue weighted by Gasteiger charge is -2.03. The maximum absolute atomic E-state index is 10.5. The van der Waals surface area contributed by atoms with Crippen LogP contribution in [-0.2, 0) is 0 Å². The minimum atomic E-state index is -0.501. The molecule has 1 N–H and O–H groups in total. The Balaban J connectivity index is 2.01. The summed E-state index contributed by atoms with van der Waals surface area (Å²) in [5, 5.41) is 14.5. The lowest BCUT2D eigenvalue weighted by Crippen LogP contribution is -1.95. The first-order valence-corrected chi connectivity index (χ1v) is 6.91. The van der Waals surface area contributed by atoms with E-state index in [1.165, 1.54) is 18.3 Å². The van der Waals surface area contributed by atoms with Crippen LogP contribution in [0.2, 0.25) is 0 Å². The highest BCUT2D eigenvalue weighted by atomic mass is 127. The first-order valence-electron chi connectivity index (χ1n) is 5.83. The normalized spacial score (nSPS) is 10.6. The van der Waals surface area contributed by atoms with Crippen molar-refractivity contribution in [1.82, 2.24) is 4.98 Å². The van der Waals surface area contributed by atoms with E-state index in [1.807, 2.05) is 18.2 Å². The molecule has 0 saturated carbocycles. The van der Waals surface area contributed by atoms with Gasteiger partial charge in [-0.2, -0.15) is 5.10 Å². The van der Waals surface area contributed by atoms with Crippen LogP contribution in [0, 0.1) is 13.7 Å². The summed E-state index contributed by atoms with van der Waals surface area (Å²) < 4.78 is 6.15. The Morgan fingerprint density at radius 2 is 2.24 bits per heavy atom. The third kappa shape index (κ3) is 4.12. The topological polar surface area (TPSA) is 89.6 Å². The number of methoxy groups -OCH3 is 1. The molecule has 1 heterocycles. The number of nitrogens with one attached hydrogen (secondary N) is 1. The van der Waals surface area contributed by atoms with Crippen molar-refractivity contribution in [2.24, 2.45) is 5.10 Å². The predicted octanol–water partition coefficient (Wildman–Crippen LogP) is 3.05. The van der Waals surface area contributed by atoms with Crippen LogP contribution in [0.25, 0.3) is 0 Å². The average Bonchev–Trinajstić information content (AvgIpc) is 2.48. The number of nitrogens with zero attached hydrogens (tertiary/aromatic N) is 3. The zero-order chi connectivity index (χ0) is 15.2. The summed E-state index contributed by atoms with van der Waals surface area (Å²) >= 11 is 2.18. The van der Waals surface area contributed by atoms with E-state index in [0.29, 0.717) is 5.82 Å². The molecule has 0 spiro atoms. The third-order valence-corrected chi connectivity index (χ3v) is 3.37. The van der Waals surface area contributed by atoms with E-state index in [1.54, 1.807) is 13.3 Å². The van der Waals surface area contributed by atoms with Crippen molar-refractivity contribution in [3.8, 4) is 5.75 Å². The average molecular weight is 398 g/mol. The number of anilines is 1. The van der Waals surface area contributed by atoms with Gasteiger partial charge >= 0.3 is 0 Å². The zero-order valence-electron chi connectivity index (χ0n) is 11.0. The largest absolute Gasteiger partial charge is 0.496 e. The molecule has 0 aliphatic heterocycles. The fourth-order valence-corrected chi connectivity index (χ4v) is 2.26. The van der Waals surface area contributed by atoms with Gasteiger partial charge in [0.2, 0.25) is 0 Å². The number of ether oxygens (including phenoxy) is 1. The second-order valence-electron chi connectivity index (χ2n) is 3.92. The molecule has 21 heavy (non-hydrogen) atoms. The molecular weight excluding hydrogens is 387 g/mol. The monoisotopic (exact) mass is 398 g/mol. The van der Waals surface area contributed by atoms with Crippen LogP contribution in [0.1, 0.15) is 5.56 Å². The van der Waals surface area contributed by atoms with Crippen molar-refractivity contribution in [3.63, 3.8) is 0 Å². The van der Waals surface area contributed by atoms with Gasteiger partial charge in [-0.05, 0) is 52.4 Å². The summed E-state index contributed by atoms with van der Waals surface area (Å²) in [6, 6.07) is 8.50. The van der Waals surface area contributed by atoms with Gasteiger partial charge in [-0.1, -0.05) is 0 Å². The van der Waals surface area contributed by atoms with Gasteiger partial charge in [-0.15, -0.1) is 0 Å². The molecule has 0 aliphatic carbocycles. The second-order valence-corrected chi connectivity index (χ2v) is 5.08. The summed E-state index contributed by atoms with van der Waals surface area (Å²) in [7, 11) is 1.62. The van der Waals surface area contributed by atoms with E-state index in [2.05, 4.69) is 38.1 Å². The summed E-state index contributed by atoms with van der Waals surface area (Å²) in [6.07, 6.45) is 2.80. The highest BCUT2D eigenvalue weighted by molar-refractivity contribution is 14.1. The number of hydrogen-bond donors (Lipinski definition) is 1. The Labute approximate surface area is 134 Å². The SMILES string of the molecule is COc1ccc(/C=N/Nc2ccc([N+](=O)[O-])cn2)cc1I. The van der Waals surface area contributed by atoms with E-state index in [4.69, 9.17) is 4.74 Å². The van der Waals surface area contributed by atoms with Crippen molar-refractivity contribution in [1.29, 1.82) is 0 Å². The maximum atomic E-state index is 10.5. The molecule has 8 heteroatoms. The minimum Gasteiger partial charge on any atom is -0.496 e. The molecule has 108 valence electrons. The summed E-state index contributed by atoms with van der Waals surface area (Å²) in [5.74, 6) is 1.23. The van der Waals surface area contributed by atoms with Crippen LogP contribution in [0.15, 0.2) is 41.6 Å². The first kappa shape index (κ1) is 15.2. The van der Waals surface area contributed by atoms with Crippen molar-refractivity contribution in [2.45, 2.75) is 0 Å². The van der Waals surface area contributed by atoms with Gasteiger partial charge in [-0.25, -0.2) is 4.98 Å². The highest BCUT2D eigenvalue weighted by Crippen LogP contribution is 2.20. The van der Waals surface area contributed by atoms with E-state index in [-0.39, 0.29) is 5.69 Å². The molecule has 7 nitrogen and oxygen atoms in total. The highest BCUT2D eigenvalue weighted by Gasteiger charge is 2.04. The number of rotatable bonds is 5. The van der Waals surface area contributed by atoms with Crippen molar-refractivity contribution in [2.75, 3.05) is 12.5 Å². The van der Waals surface area contributed by atoms with Crippen LogP contribution in [0.3, 0.4) is 0 Å². The number of aromatic nitrogens is 1. The van der Waals surface area contributed by atoms with Gasteiger partial charge in [0.25, 0.3) is 5.69 Å². The van der Waals surface area contributed by atoms with Gasteiger partial charge in [0.1, 0.15) is 17.8 Å². The van der Waals surface area contributed by atoms with E-state index >= 15 is 0 Å². The molecule has 2 aromatic rings. The zero-order valence-corrected chi connectivity index (χ0v) is 13.1. The minimum absolute atomic E-state index is 0.0609. The molecule has 0 fully saturated rings. The molecule has 1 aromatic carbocycles. The standard InChI is InChI=1S/C13H11IN4O3/c1-21-12-4-2-9(6-11(12)14)7-16-17-13-5-3-10(8-15-13)18(19)20/h2-8H,1H3,(H,15,17)/b16-7+. The lowest BCUT2D eigenvalue weighted by molar-refractivity contribution is -0.385. The molecule has 0 amide bonds. The molecule has 0 radical (unpaired) electrons. The van der Waals surface area contributed by atoms with Crippen LogP contribution >= 0.6 is 22.6 Å². The third-order valence-electron chi connectivity index (χ3n) is 2.53. The van der Waals surface area contributed by atoms with E-state index < -0.39 is 4.92 Å². The molecule has 0 bridgehead atoms. The van der Waals surface area contributed by atoms with Gasteiger partial charge in [-0.3, -0.25) is 15.5 Å². The molecule has 2 rings (SSSR count). The van der Waals surface area contributed by atoms with Crippen molar-refractivity contribution < 1.29 is 9.66 Å². The Morgan fingerprint density at radius 1 is 1.43 bits per heavy atom. The Morgan fingerprint density at radius 3 is 2.81 bits per heavy atom. The van der Waals surface area contributed by atoms with Gasteiger partial charge in [0.15, 0.2) is 0 Å². The van der Waals surface area contributed by atoms with E-state index in [0.717, 1.165) is 14.9 Å². The molecule has 1 aromatic heterocycles. The van der Waals surface area contributed by atoms with Crippen molar-refractivity contribution in [3.05, 3.63) is 55.8 Å². The fourth-order valence-electron chi connectivity index (χ4n) is 1.50. The quantitative estimate of drug-likeness (QED) is 0.362. The maximum Gasteiger partial charge on any atom is 0.287 e. The molecular formula is C13H11IN4O3. The van der Waals surface area contributed by atoms with Crippen LogP contribution in [-0.4, -0.2) is 23.2 Å². The smallest absolute Gasteiger partial charge is 0.287 e. The second kappa shape index (κ2) is 6.97. The van der Waals surface area contributed by atoms with Gasteiger partial charge in [0.05, 0.1) is 21.8 Å². The molecule has 0 aliphatic rings. The predicted molar refractivity (Wildman–Crippen MR) is 87.8 cm³/mol. The molecule has 0 unspecified atom stereocenters. The van der Waals surface area contributed by atoms with E-state index in [9.17, 15) is 10.1 Å². The Bertz CT molecular complexity index is 674. The van der Waals surface area contributed by atoms with Crippen LogP contribution in [0.4, 0.5) is 11.5 Å². The molecule has 0 atom stereocenters. The number of halogens is 1. The number of hydrazone groups is 1. The summed E-state index contributed by atoms with van der Waals surface area (Å²) in [6.45, 7) is 0. The van der Waals surface area contributed by atoms with Crippen molar-refractivity contribution >= 4 is 40.3 Å². The van der Waals surface area contributed by atoms with Gasteiger partial charge < -0.3 is 4.74 Å². The number of pyridine rings is 1. The number of hydrogen-bond acceptors (Lipinski definition) is 6. The Kier molecular flexibility index (Phi) is 5.04. The fraction of sp³-hybridized carbons (Fsp3) is 0.0769. The summed E-state index contributed by atoms with van der Waals surface area (Å²) in [5.41, 5.74) is 3.55. The number of benzene rings is 1. The Hall–Kier alpha value is -2.23. The summed E-state index contributed by atoms with van der Waals surface area (Å²) in [4.78, 5) is 13.9. The lowest BCUT2D eigenvalue weighted by atomic mass is 10.2. The number of nitro groups is 1. The van der Waals surface area contributed by atoms with Crippen LogP contribution < -0.4 is 10.2 Å². The molecule has 0 saturated heterocycles. The van der Waals surface area contributed by atoms with Gasteiger partial charge in [0, 0.05) is 6.07 Å².